The highest BCUT2D eigenvalue weighted by molar-refractivity contribution is 9.11. The molecule has 0 N–H and O–H groups in total. The summed E-state index contributed by atoms with van der Waals surface area (Å²) >= 11 is 7.40. The highest BCUT2D eigenvalue weighted by Gasteiger charge is 2.16. The first-order chi connectivity index (χ1) is 10.1. The molecule has 2 aromatic carbocycles. The predicted octanol–water partition coefficient (Wildman–Crippen LogP) is 5.43. The molecule has 0 spiro atoms. The molecule has 1 heterocycles. The minimum atomic E-state index is 0.115. The van der Waals surface area contributed by atoms with Gasteiger partial charge in [0, 0.05) is 16.2 Å². The molecule has 0 aliphatic carbocycles. The van der Waals surface area contributed by atoms with Crippen LogP contribution in [0.3, 0.4) is 0 Å². The minimum absolute atomic E-state index is 0.115. The van der Waals surface area contributed by atoms with Gasteiger partial charge < -0.3 is 0 Å². The lowest BCUT2D eigenvalue weighted by Crippen LogP contribution is -1.95. The topological polar surface area (TPSA) is 17.8 Å². The maximum absolute atomic E-state index is 4.46. The van der Waals surface area contributed by atoms with Gasteiger partial charge in [-0.1, -0.05) is 67.8 Å². The van der Waals surface area contributed by atoms with E-state index in [1.165, 1.54) is 11.1 Å². The quantitative estimate of drug-likeness (QED) is 0.531. The second-order valence-corrected chi connectivity index (χ2v) is 6.71. The fraction of sp³-hybridized carbons (Fsp3) is 0.118. The minimum Gasteiger partial charge on any atom is -0.241 e. The summed E-state index contributed by atoms with van der Waals surface area (Å²) in [7, 11) is 0. The highest BCUT2D eigenvalue weighted by Crippen LogP contribution is 2.35. The largest absolute Gasteiger partial charge is 0.241 e. The Balaban J connectivity index is 1.94. The highest BCUT2D eigenvalue weighted by atomic mass is 79.9. The van der Waals surface area contributed by atoms with Crippen LogP contribution in [0.1, 0.15) is 21.5 Å². The number of alkyl halides is 1. The molecule has 1 unspecified atom stereocenters. The van der Waals surface area contributed by atoms with Gasteiger partial charge in [0.05, 0.1) is 16.7 Å². The van der Waals surface area contributed by atoms with Gasteiger partial charge in [-0.3, -0.25) is 0 Å². The van der Waals surface area contributed by atoms with Crippen molar-refractivity contribution in [3.63, 3.8) is 0 Å². The summed E-state index contributed by atoms with van der Waals surface area (Å²) in [6, 6.07) is 16.5. The second-order valence-electron chi connectivity index (χ2n) is 4.94. The third-order valence-electron chi connectivity index (χ3n) is 3.34. The number of halogens is 2. The lowest BCUT2D eigenvalue weighted by molar-refractivity contribution is 0.880. The molecule has 0 aliphatic rings. The molecule has 0 saturated carbocycles. The summed E-state index contributed by atoms with van der Waals surface area (Å²) in [5.74, 6) is 0. The van der Waals surface area contributed by atoms with Gasteiger partial charge in [0.1, 0.15) is 0 Å². The van der Waals surface area contributed by atoms with Crippen molar-refractivity contribution in [1.82, 2.24) is 9.78 Å². The lowest BCUT2D eigenvalue weighted by atomic mass is 10.1. The molecule has 2 nitrogen and oxygen atoms in total. The Labute approximate surface area is 141 Å². The molecule has 4 heteroatoms. The van der Waals surface area contributed by atoms with E-state index >= 15 is 0 Å². The molecule has 3 rings (SSSR count). The molecule has 21 heavy (non-hydrogen) atoms. The standard InChI is InChI=1S/C17H14Br2N2/c1-12-7-8-16(18)15(9-12)17(19)13-10-20-21(11-13)14-5-3-2-4-6-14/h2-11,17H,1H3. The molecule has 0 aliphatic heterocycles. The van der Waals surface area contributed by atoms with Crippen LogP contribution in [0.25, 0.3) is 5.69 Å². The van der Waals surface area contributed by atoms with E-state index in [0.29, 0.717) is 0 Å². The maximum Gasteiger partial charge on any atom is 0.0686 e. The van der Waals surface area contributed by atoms with E-state index in [4.69, 9.17) is 0 Å². The van der Waals surface area contributed by atoms with Gasteiger partial charge in [-0.15, -0.1) is 0 Å². The van der Waals surface area contributed by atoms with Crippen LogP contribution >= 0.6 is 31.9 Å². The van der Waals surface area contributed by atoms with Gasteiger partial charge in [0.25, 0.3) is 0 Å². The van der Waals surface area contributed by atoms with E-state index in [9.17, 15) is 0 Å². The Hall–Kier alpha value is -1.39. The van der Waals surface area contributed by atoms with Crippen molar-refractivity contribution in [3.05, 3.63) is 82.1 Å². The molecule has 1 aromatic heterocycles. The fourth-order valence-electron chi connectivity index (χ4n) is 2.23. The summed E-state index contributed by atoms with van der Waals surface area (Å²) in [6.07, 6.45) is 3.96. The lowest BCUT2D eigenvalue weighted by Gasteiger charge is -2.11. The summed E-state index contributed by atoms with van der Waals surface area (Å²) in [6.45, 7) is 2.10. The summed E-state index contributed by atoms with van der Waals surface area (Å²) < 4.78 is 3.00. The van der Waals surface area contributed by atoms with Crippen molar-refractivity contribution in [2.45, 2.75) is 11.8 Å². The van der Waals surface area contributed by atoms with Crippen molar-refractivity contribution in [2.75, 3.05) is 0 Å². The van der Waals surface area contributed by atoms with Gasteiger partial charge in [0.15, 0.2) is 0 Å². The van der Waals surface area contributed by atoms with Gasteiger partial charge in [0.2, 0.25) is 0 Å². The van der Waals surface area contributed by atoms with Crippen LogP contribution in [0.5, 0.6) is 0 Å². The van der Waals surface area contributed by atoms with E-state index in [1.807, 2.05) is 41.2 Å². The van der Waals surface area contributed by atoms with Crippen molar-refractivity contribution in [3.8, 4) is 5.69 Å². The van der Waals surface area contributed by atoms with Crippen molar-refractivity contribution in [2.24, 2.45) is 0 Å². The second kappa shape index (κ2) is 6.16. The maximum atomic E-state index is 4.46. The molecule has 106 valence electrons. The van der Waals surface area contributed by atoms with E-state index in [-0.39, 0.29) is 4.83 Å². The molecular weight excluding hydrogens is 392 g/mol. The number of nitrogens with zero attached hydrogens (tertiary/aromatic N) is 2. The van der Waals surface area contributed by atoms with E-state index in [0.717, 1.165) is 15.7 Å². The van der Waals surface area contributed by atoms with E-state index < -0.39 is 0 Å². The number of aryl methyl sites for hydroxylation is 1. The van der Waals surface area contributed by atoms with Crippen LogP contribution in [0.4, 0.5) is 0 Å². The summed E-state index contributed by atoms with van der Waals surface area (Å²) in [5, 5.41) is 4.46. The van der Waals surface area contributed by atoms with E-state index in [1.54, 1.807) is 0 Å². The van der Waals surface area contributed by atoms with Crippen LogP contribution < -0.4 is 0 Å². The smallest absolute Gasteiger partial charge is 0.0686 e. The number of hydrogen-bond acceptors (Lipinski definition) is 1. The summed E-state index contributed by atoms with van der Waals surface area (Å²) in [5.41, 5.74) is 4.65. The first-order valence-corrected chi connectivity index (χ1v) is 8.36. The van der Waals surface area contributed by atoms with Crippen molar-refractivity contribution in [1.29, 1.82) is 0 Å². The predicted molar refractivity (Wildman–Crippen MR) is 93.2 cm³/mol. The number of aromatic nitrogens is 2. The number of para-hydroxylation sites is 1. The van der Waals surface area contributed by atoms with E-state index in [2.05, 4.69) is 68.3 Å². The van der Waals surface area contributed by atoms with Gasteiger partial charge in [-0.25, -0.2) is 4.68 Å². The molecule has 3 aromatic rings. The molecule has 0 amide bonds. The SMILES string of the molecule is Cc1ccc(Br)c(C(Br)c2cnn(-c3ccccc3)c2)c1. The van der Waals surface area contributed by atoms with Crippen LogP contribution in [0.2, 0.25) is 0 Å². The zero-order valence-corrected chi connectivity index (χ0v) is 14.7. The molecule has 0 saturated heterocycles. The van der Waals surface area contributed by atoms with Gasteiger partial charge >= 0.3 is 0 Å². The number of hydrogen-bond donors (Lipinski definition) is 0. The molecule has 0 bridgehead atoms. The average molecular weight is 406 g/mol. The van der Waals surface area contributed by atoms with Crippen LogP contribution in [-0.4, -0.2) is 9.78 Å². The Bertz CT molecular complexity index is 750. The van der Waals surface area contributed by atoms with Gasteiger partial charge in [-0.05, 0) is 30.7 Å². The first-order valence-electron chi connectivity index (χ1n) is 6.65. The number of benzene rings is 2. The van der Waals surface area contributed by atoms with Crippen LogP contribution in [0.15, 0.2) is 65.4 Å². The Morgan fingerprint density at radius 2 is 1.86 bits per heavy atom. The van der Waals surface area contributed by atoms with Crippen LogP contribution in [-0.2, 0) is 0 Å². The van der Waals surface area contributed by atoms with Crippen molar-refractivity contribution >= 4 is 31.9 Å². The Morgan fingerprint density at radius 3 is 2.62 bits per heavy atom. The average Bonchev–Trinajstić information content (AvgIpc) is 3.00. The zero-order chi connectivity index (χ0) is 14.8. The molecule has 0 fully saturated rings. The van der Waals surface area contributed by atoms with Crippen LogP contribution in [0, 0.1) is 6.92 Å². The molecular formula is C17H14Br2N2. The molecule has 1 atom stereocenters. The van der Waals surface area contributed by atoms with Gasteiger partial charge in [-0.2, -0.15) is 5.10 Å². The van der Waals surface area contributed by atoms with Crippen molar-refractivity contribution < 1.29 is 0 Å². The normalized spacial score (nSPS) is 12.3. The monoisotopic (exact) mass is 404 g/mol. The fourth-order valence-corrected chi connectivity index (χ4v) is 3.62. The zero-order valence-electron chi connectivity index (χ0n) is 11.5. The first kappa shape index (κ1) is 14.5. The third kappa shape index (κ3) is 3.11. The third-order valence-corrected chi connectivity index (χ3v) is 5.08. The Morgan fingerprint density at radius 1 is 1.10 bits per heavy atom. The molecule has 0 radical (unpaired) electrons. The number of rotatable bonds is 3. The summed E-state index contributed by atoms with van der Waals surface area (Å²) in [4.78, 5) is 0.115. The Kier molecular flexibility index (Phi) is 4.27.